The minimum Gasteiger partial charge on any atom is -0.207 e. The minimum atomic E-state index is 0.0150. The molecule has 0 N–H and O–H groups in total. The van der Waals surface area contributed by atoms with E-state index in [2.05, 4.69) is 26.0 Å². The third-order valence-electron chi connectivity index (χ3n) is 8.22. The fourth-order valence-electron chi connectivity index (χ4n) is 6.00. The second-order valence-corrected chi connectivity index (χ2v) is 10.6. The Morgan fingerprint density at radius 2 is 1.61 bits per heavy atom. The summed E-state index contributed by atoms with van der Waals surface area (Å²) in [6.45, 7) is 4.54. The first-order valence-corrected chi connectivity index (χ1v) is 13.6. The van der Waals surface area contributed by atoms with Crippen LogP contribution >= 0.6 is 0 Å². The van der Waals surface area contributed by atoms with Gasteiger partial charge in [-0.05, 0) is 92.7 Å². The van der Waals surface area contributed by atoms with Gasteiger partial charge in [0.2, 0.25) is 0 Å². The van der Waals surface area contributed by atoms with E-state index in [4.69, 9.17) is 0 Å². The number of hydrogen-bond acceptors (Lipinski definition) is 0. The van der Waals surface area contributed by atoms with Crippen LogP contribution in [0, 0.1) is 23.6 Å². The molecule has 1 aromatic rings. The largest absolute Gasteiger partial charge is 0.207 e. The summed E-state index contributed by atoms with van der Waals surface area (Å²) in [6.07, 6.45) is 24.5. The van der Waals surface area contributed by atoms with Crippen LogP contribution in [0.25, 0.3) is 0 Å². The number of aryl methyl sites for hydroxylation is 2. The predicted molar refractivity (Wildman–Crippen MR) is 133 cm³/mol. The highest BCUT2D eigenvalue weighted by Crippen LogP contribution is 2.41. The molecule has 1 atom stereocenters. The van der Waals surface area contributed by atoms with E-state index in [1.54, 1.807) is 11.6 Å². The Hall–Kier alpha value is -1.11. The van der Waals surface area contributed by atoms with E-state index in [0.717, 1.165) is 49.0 Å². The molecule has 31 heavy (non-hydrogen) atoms. The molecule has 0 nitrogen and oxygen atoms in total. The van der Waals surface area contributed by atoms with E-state index in [0.29, 0.717) is 0 Å². The highest BCUT2D eigenvalue weighted by atomic mass is 19.1. The molecule has 0 saturated heterocycles. The summed E-state index contributed by atoms with van der Waals surface area (Å²) in [5, 5.41) is 0. The molecule has 0 radical (unpaired) electrons. The van der Waals surface area contributed by atoms with Crippen molar-refractivity contribution in [3.8, 4) is 0 Å². The molecule has 0 aliphatic heterocycles. The Kier molecular flexibility index (Phi) is 10.6. The minimum absolute atomic E-state index is 0.0150. The van der Waals surface area contributed by atoms with Gasteiger partial charge < -0.3 is 0 Å². The number of allylic oxidation sites excluding steroid dienone is 2. The first-order chi connectivity index (χ1) is 15.2. The van der Waals surface area contributed by atoms with Crippen molar-refractivity contribution in [2.24, 2.45) is 17.8 Å². The van der Waals surface area contributed by atoms with Crippen molar-refractivity contribution in [3.63, 3.8) is 0 Å². The van der Waals surface area contributed by atoms with Crippen LogP contribution in [0.3, 0.4) is 0 Å². The highest BCUT2D eigenvalue weighted by molar-refractivity contribution is 5.25. The summed E-state index contributed by atoms with van der Waals surface area (Å²) in [5.74, 6) is 2.95. The SMILES string of the molecule is CCCCCCc1ccc(CCC2=CCC(C3CCC(CCCC)CC3)CC2)cc1F. The average molecular weight is 427 g/mol. The number of benzene rings is 1. The molecule has 1 unspecified atom stereocenters. The van der Waals surface area contributed by atoms with Crippen molar-refractivity contribution < 1.29 is 4.39 Å². The fourth-order valence-corrected chi connectivity index (χ4v) is 6.00. The summed E-state index contributed by atoms with van der Waals surface area (Å²) in [4.78, 5) is 0. The molecule has 0 heterocycles. The topological polar surface area (TPSA) is 0 Å². The van der Waals surface area contributed by atoms with E-state index in [9.17, 15) is 4.39 Å². The zero-order valence-corrected chi connectivity index (χ0v) is 20.4. The van der Waals surface area contributed by atoms with Crippen LogP contribution in [0.4, 0.5) is 4.39 Å². The van der Waals surface area contributed by atoms with Gasteiger partial charge >= 0.3 is 0 Å². The number of hydrogen-bond donors (Lipinski definition) is 0. The van der Waals surface area contributed by atoms with Gasteiger partial charge in [-0.1, -0.05) is 89.0 Å². The molecule has 0 bridgehead atoms. The van der Waals surface area contributed by atoms with E-state index >= 15 is 0 Å². The lowest BCUT2D eigenvalue weighted by molar-refractivity contribution is 0.185. The van der Waals surface area contributed by atoms with Crippen molar-refractivity contribution in [2.75, 3.05) is 0 Å². The zero-order chi connectivity index (χ0) is 21.9. The summed E-state index contributed by atoms with van der Waals surface area (Å²) in [7, 11) is 0. The Morgan fingerprint density at radius 1 is 0.806 bits per heavy atom. The molecule has 3 rings (SSSR count). The second-order valence-electron chi connectivity index (χ2n) is 10.6. The van der Waals surface area contributed by atoms with Crippen molar-refractivity contribution in [1.82, 2.24) is 0 Å². The molecule has 174 valence electrons. The number of rotatable bonds is 12. The summed E-state index contributed by atoms with van der Waals surface area (Å²) in [5.41, 5.74) is 3.70. The molecule has 1 aromatic carbocycles. The second kappa shape index (κ2) is 13.4. The maximum atomic E-state index is 14.5. The lowest BCUT2D eigenvalue weighted by Crippen LogP contribution is -2.23. The Balaban J connectivity index is 1.38. The van der Waals surface area contributed by atoms with Gasteiger partial charge in [0.05, 0.1) is 0 Å². The third kappa shape index (κ3) is 8.07. The van der Waals surface area contributed by atoms with Crippen LogP contribution in [-0.2, 0) is 12.8 Å². The summed E-state index contributed by atoms with van der Waals surface area (Å²) >= 11 is 0. The van der Waals surface area contributed by atoms with Crippen molar-refractivity contribution >= 4 is 0 Å². The van der Waals surface area contributed by atoms with Gasteiger partial charge in [0.15, 0.2) is 0 Å². The molecule has 0 aromatic heterocycles. The van der Waals surface area contributed by atoms with E-state index < -0.39 is 0 Å². The van der Waals surface area contributed by atoms with Gasteiger partial charge in [0.25, 0.3) is 0 Å². The van der Waals surface area contributed by atoms with Gasteiger partial charge in [-0.25, -0.2) is 4.39 Å². The summed E-state index contributed by atoms with van der Waals surface area (Å²) in [6, 6.07) is 6.01. The van der Waals surface area contributed by atoms with E-state index in [-0.39, 0.29) is 5.82 Å². The van der Waals surface area contributed by atoms with Crippen LogP contribution in [0.2, 0.25) is 0 Å². The summed E-state index contributed by atoms with van der Waals surface area (Å²) < 4.78 is 14.5. The highest BCUT2D eigenvalue weighted by Gasteiger charge is 2.28. The Bertz CT molecular complexity index is 665. The maximum Gasteiger partial charge on any atom is 0.126 e. The van der Waals surface area contributed by atoms with Gasteiger partial charge in [-0.2, -0.15) is 0 Å². The third-order valence-corrected chi connectivity index (χ3v) is 8.22. The quantitative estimate of drug-likeness (QED) is 0.230. The first kappa shape index (κ1) is 24.5. The maximum absolute atomic E-state index is 14.5. The van der Waals surface area contributed by atoms with Gasteiger partial charge in [-0.15, -0.1) is 0 Å². The van der Waals surface area contributed by atoms with Gasteiger partial charge in [-0.3, -0.25) is 0 Å². The Labute approximate surface area is 192 Å². The molecule has 2 aliphatic carbocycles. The van der Waals surface area contributed by atoms with Crippen LogP contribution in [0.5, 0.6) is 0 Å². The molecular formula is C30H47F. The number of halogens is 1. The van der Waals surface area contributed by atoms with Crippen LogP contribution in [-0.4, -0.2) is 0 Å². The van der Waals surface area contributed by atoms with Gasteiger partial charge in [0.1, 0.15) is 5.82 Å². The van der Waals surface area contributed by atoms with Crippen LogP contribution in [0.1, 0.15) is 121 Å². The van der Waals surface area contributed by atoms with E-state index in [1.807, 2.05) is 6.07 Å². The average Bonchev–Trinajstić information content (AvgIpc) is 2.81. The van der Waals surface area contributed by atoms with E-state index in [1.165, 1.54) is 89.0 Å². The molecule has 1 saturated carbocycles. The molecular weight excluding hydrogens is 379 g/mol. The van der Waals surface area contributed by atoms with Crippen LogP contribution < -0.4 is 0 Å². The molecule has 1 fully saturated rings. The predicted octanol–water partition coefficient (Wildman–Crippen LogP) is 9.60. The molecule has 0 amide bonds. The van der Waals surface area contributed by atoms with Crippen molar-refractivity contribution in [2.45, 2.75) is 123 Å². The van der Waals surface area contributed by atoms with Crippen molar-refractivity contribution in [1.29, 1.82) is 0 Å². The molecule has 2 aliphatic rings. The first-order valence-electron chi connectivity index (χ1n) is 13.6. The Morgan fingerprint density at radius 3 is 2.29 bits per heavy atom. The zero-order valence-electron chi connectivity index (χ0n) is 20.4. The standard InChI is InChI=1S/C30H47F/c1-3-5-7-8-10-29-22-17-26(23-30(29)31)12-11-25-15-20-28(21-16-25)27-18-13-24(14-19-27)9-6-4-2/h15,17,22-24,27-28H,3-14,16,18-21H2,1-2H3. The molecule has 0 spiro atoms. The number of unbranched alkanes of at least 4 members (excludes halogenated alkanes) is 4. The lowest BCUT2D eigenvalue weighted by Gasteiger charge is -2.35. The smallest absolute Gasteiger partial charge is 0.126 e. The normalized spacial score (nSPS) is 24.2. The lowest BCUT2D eigenvalue weighted by atomic mass is 9.70. The fraction of sp³-hybridized carbons (Fsp3) is 0.733. The molecule has 1 heteroatoms. The monoisotopic (exact) mass is 426 g/mol. The van der Waals surface area contributed by atoms with Crippen LogP contribution in [0.15, 0.2) is 29.8 Å². The van der Waals surface area contributed by atoms with Gasteiger partial charge in [0, 0.05) is 0 Å². The van der Waals surface area contributed by atoms with Crippen molar-refractivity contribution in [3.05, 3.63) is 46.8 Å².